The van der Waals surface area contributed by atoms with E-state index in [1.54, 1.807) is 36.4 Å². The van der Waals surface area contributed by atoms with Gasteiger partial charge in [0.15, 0.2) is 0 Å². The molecule has 1 fully saturated rings. The number of amides is 2. The number of oxime groups is 1. The van der Waals surface area contributed by atoms with Gasteiger partial charge in [0.2, 0.25) is 5.79 Å². The number of benzene rings is 4. The molecule has 3 aliphatic rings. The topological polar surface area (TPSA) is 163 Å². The Kier molecular flexibility index (Phi) is 20.9. The Hall–Kier alpha value is -6.00. The van der Waals surface area contributed by atoms with Crippen LogP contribution in [0.3, 0.4) is 0 Å². The van der Waals surface area contributed by atoms with Gasteiger partial charge in [-0.2, -0.15) is 5.26 Å². The Labute approximate surface area is 433 Å². The highest BCUT2D eigenvalue weighted by molar-refractivity contribution is 6.03. The summed E-state index contributed by atoms with van der Waals surface area (Å²) in [4.78, 5) is 36.9. The molecule has 0 saturated heterocycles. The minimum absolute atomic E-state index is 0.0221. The maximum Gasteiger partial charge on any atom is 0.412 e. The summed E-state index contributed by atoms with van der Waals surface area (Å²) in [6.07, 6.45) is 20.1. The van der Waals surface area contributed by atoms with Gasteiger partial charge in [0.05, 0.1) is 29.9 Å². The van der Waals surface area contributed by atoms with Gasteiger partial charge in [0.1, 0.15) is 24.1 Å². The van der Waals surface area contributed by atoms with E-state index in [4.69, 9.17) is 24.2 Å². The van der Waals surface area contributed by atoms with Crippen LogP contribution in [0.1, 0.15) is 156 Å². The minimum atomic E-state index is -1.52. The summed E-state index contributed by atoms with van der Waals surface area (Å²) in [7, 11) is 0. The lowest BCUT2D eigenvalue weighted by molar-refractivity contribution is -0.255. The molecular weight excluding hydrogens is 917 g/mol. The fraction of sp³-hybridized carbons (Fsp3) is 0.508. The third kappa shape index (κ3) is 13.6. The molecule has 4 aromatic rings. The number of aliphatic hydroxyl groups is 2. The number of aliphatic hydroxyl groups excluding tert-OH is 2. The first-order valence-corrected chi connectivity index (χ1v) is 27.2. The van der Waals surface area contributed by atoms with Crippen LogP contribution in [0, 0.1) is 29.1 Å². The van der Waals surface area contributed by atoms with Gasteiger partial charge in [-0.05, 0) is 115 Å². The summed E-state index contributed by atoms with van der Waals surface area (Å²) in [6.45, 7) is 9.50. The first-order valence-electron chi connectivity index (χ1n) is 27.2. The van der Waals surface area contributed by atoms with E-state index in [9.17, 15) is 20.3 Å². The zero-order valence-corrected chi connectivity index (χ0v) is 43.3. The van der Waals surface area contributed by atoms with Crippen molar-refractivity contribution in [1.29, 1.82) is 5.26 Å². The molecular formula is C61H78N4O8. The number of nitrogens with zero attached hydrogens (tertiary/aromatic N) is 3. The van der Waals surface area contributed by atoms with E-state index in [-0.39, 0.29) is 56.4 Å². The summed E-state index contributed by atoms with van der Waals surface area (Å²) < 4.78 is 20.8. The average Bonchev–Trinajstić information content (AvgIpc) is 3.41. The van der Waals surface area contributed by atoms with Crippen molar-refractivity contribution in [1.82, 2.24) is 10.2 Å². The standard InChI is InChI=1S/C61H78N4O8/c1-4-7-8-9-10-11-12-13-14-19-35-63-60(69)72-49-33-34-55-53(40-49)57-51(28-18-21-37-67)47(24-17-20-36-66)39-52-54(64-71-6-3)41-56(61(73-55,58(52)57)70-38-5-2)65(59(68)46-31-29-44(42-62)30-32-46)43-48-26-22-25-45-23-15-16-27-50(45)48/h5,15-16,22-23,25-27,29-34,39-40,47,51,56-58,66-67H,2,4,6-14,17-21,24,28,35-38,41,43H2,1,3H3,(H,63,69). The SMILES string of the molecule is C=CCOC12Oc3ccc(OC(=O)NCCCCCCCCCCCC)cc3C3C(CCCCO)C(CCCCO)C=C(C(=NOCC)CC1N(Cc1cccc4ccccc14)C(=O)c1ccc(C#N)cc1)C32. The fourth-order valence-corrected chi connectivity index (χ4v) is 11.6. The van der Waals surface area contributed by atoms with E-state index in [1.807, 2.05) is 48.2 Å². The van der Waals surface area contributed by atoms with Crippen LogP contribution in [0.2, 0.25) is 0 Å². The van der Waals surface area contributed by atoms with Gasteiger partial charge in [-0.15, -0.1) is 6.58 Å². The highest BCUT2D eigenvalue weighted by Gasteiger charge is 2.65. The molecule has 2 aliphatic carbocycles. The number of fused-ring (bicyclic) bond motifs is 3. The third-order valence-corrected chi connectivity index (χ3v) is 15.1. The molecule has 390 valence electrons. The van der Waals surface area contributed by atoms with E-state index < -0.39 is 23.8 Å². The van der Waals surface area contributed by atoms with Crippen LogP contribution >= 0.6 is 0 Å². The molecule has 0 aromatic heterocycles. The Balaban J connectivity index is 1.32. The van der Waals surface area contributed by atoms with E-state index in [0.29, 0.717) is 54.3 Å². The quantitative estimate of drug-likeness (QED) is 0.0273. The molecule has 2 amide bonds. The van der Waals surface area contributed by atoms with Crippen LogP contribution in [-0.4, -0.2) is 77.6 Å². The Morgan fingerprint density at radius 1 is 0.877 bits per heavy atom. The predicted octanol–water partition coefficient (Wildman–Crippen LogP) is 12.7. The van der Waals surface area contributed by atoms with Crippen LogP contribution in [0.15, 0.2) is 114 Å². The summed E-state index contributed by atoms with van der Waals surface area (Å²) in [5, 5.41) is 39.7. The summed E-state index contributed by atoms with van der Waals surface area (Å²) in [5.41, 5.74) is 4.21. The molecule has 12 nitrogen and oxygen atoms in total. The van der Waals surface area contributed by atoms with Crippen LogP contribution in [0.25, 0.3) is 10.8 Å². The van der Waals surface area contributed by atoms with Gasteiger partial charge in [-0.1, -0.05) is 137 Å². The largest absolute Gasteiger partial charge is 0.459 e. The number of ether oxygens (including phenoxy) is 3. The predicted molar refractivity (Wildman–Crippen MR) is 287 cm³/mol. The molecule has 6 unspecified atom stereocenters. The van der Waals surface area contributed by atoms with E-state index >= 15 is 4.79 Å². The van der Waals surface area contributed by atoms with Crippen LogP contribution in [-0.2, 0) is 16.1 Å². The number of allylic oxidation sites excluding steroid dienone is 1. The maximum atomic E-state index is 15.6. The Morgan fingerprint density at radius 3 is 2.30 bits per heavy atom. The normalized spacial score (nSPS) is 21.3. The lowest BCUT2D eigenvalue weighted by atomic mass is 9.55. The van der Waals surface area contributed by atoms with E-state index in [1.165, 1.54) is 44.9 Å². The van der Waals surface area contributed by atoms with Crippen molar-refractivity contribution in [3.63, 3.8) is 0 Å². The zero-order valence-electron chi connectivity index (χ0n) is 43.3. The molecule has 4 aromatic carbocycles. The highest BCUT2D eigenvalue weighted by atomic mass is 16.7. The van der Waals surface area contributed by atoms with E-state index in [2.05, 4.69) is 49.2 Å². The molecule has 12 heteroatoms. The number of carbonyl (C=O) groups is 2. The first kappa shape index (κ1) is 54.8. The average molecular weight is 995 g/mol. The van der Waals surface area contributed by atoms with Gasteiger partial charge < -0.3 is 39.5 Å². The van der Waals surface area contributed by atoms with Gasteiger partial charge in [0, 0.05) is 49.8 Å². The minimum Gasteiger partial charge on any atom is -0.459 e. The number of unbranched alkanes of at least 4 members (excludes halogenated alkanes) is 11. The summed E-state index contributed by atoms with van der Waals surface area (Å²) in [5.74, 6) is -1.74. The second-order valence-corrected chi connectivity index (χ2v) is 19.9. The molecule has 7 rings (SSSR count). The molecule has 6 atom stereocenters. The number of nitrogens with one attached hydrogen (secondary N) is 1. The Bertz CT molecular complexity index is 2530. The highest BCUT2D eigenvalue weighted by Crippen LogP contribution is 2.62. The van der Waals surface area contributed by atoms with Crippen molar-refractivity contribution in [2.75, 3.05) is 33.0 Å². The Morgan fingerprint density at radius 2 is 1.59 bits per heavy atom. The van der Waals surface area contributed by atoms with Gasteiger partial charge in [0.25, 0.3) is 5.91 Å². The molecule has 0 bridgehead atoms. The second-order valence-electron chi connectivity index (χ2n) is 19.9. The lowest BCUT2D eigenvalue weighted by Gasteiger charge is -2.60. The zero-order chi connectivity index (χ0) is 51.4. The number of hydrogen-bond donors (Lipinski definition) is 3. The maximum absolute atomic E-state index is 15.6. The van der Waals surface area contributed by atoms with Gasteiger partial charge in [-0.3, -0.25) is 4.79 Å². The third-order valence-electron chi connectivity index (χ3n) is 15.1. The second kappa shape index (κ2) is 27.9. The lowest BCUT2D eigenvalue weighted by Crippen LogP contribution is -2.70. The smallest absolute Gasteiger partial charge is 0.412 e. The van der Waals surface area contributed by atoms with Crippen molar-refractivity contribution in [2.45, 2.75) is 147 Å². The number of nitriles is 1. The van der Waals surface area contributed by atoms with Crippen LogP contribution in [0.4, 0.5) is 4.79 Å². The van der Waals surface area contributed by atoms with Gasteiger partial charge in [-0.25, -0.2) is 4.79 Å². The summed E-state index contributed by atoms with van der Waals surface area (Å²) >= 11 is 0. The van der Waals surface area contributed by atoms with E-state index in [0.717, 1.165) is 72.4 Å². The van der Waals surface area contributed by atoms with Crippen LogP contribution < -0.4 is 14.8 Å². The van der Waals surface area contributed by atoms with Crippen molar-refractivity contribution < 1.29 is 38.9 Å². The molecule has 0 spiro atoms. The van der Waals surface area contributed by atoms with Crippen LogP contribution in [0.5, 0.6) is 11.5 Å². The number of hydrogen-bond acceptors (Lipinski definition) is 10. The molecule has 3 N–H and O–H groups in total. The van der Waals surface area contributed by atoms with Crippen molar-refractivity contribution in [3.05, 3.63) is 131 Å². The van der Waals surface area contributed by atoms with Crippen molar-refractivity contribution in [3.8, 4) is 17.6 Å². The number of carbonyl (C=O) groups excluding carboxylic acids is 2. The fourth-order valence-electron chi connectivity index (χ4n) is 11.6. The molecule has 0 radical (unpaired) electrons. The molecule has 1 heterocycles. The monoisotopic (exact) mass is 995 g/mol. The van der Waals surface area contributed by atoms with Crippen molar-refractivity contribution in [2.24, 2.45) is 22.9 Å². The number of rotatable bonds is 29. The molecule has 73 heavy (non-hydrogen) atoms. The van der Waals surface area contributed by atoms with Crippen molar-refractivity contribution >= 4 is 28.5 Å². The van der Waals surface area contributed by atoms with Gasteiger partial charge >= 0.3 is 6.09 Å². The molecule has 1 aliphatic heterocycles. The summed E-state index contributed by atoms with van der Waals surface area (Å²) in [6, 6.07) is 27.9. The first-order chi connectivity index (χ1) is 35.8. The molecule has 1 saturated carbocycles.